The third-order valence-corrected chi connectivity index (χ3v) is 3.50. The summed E-state index contributed by atoms with van der Waals surface area (Å²) in [6.45, 7) is 4.57. The van der Waals surface area contributed by atoms with E-state index in [-0.39, 0.29) is 6.10 Å². The molecule has 3 aromatic rings. The van der Waals surface area contributed by atoms with Gasteiger partial charge in [0.15, 0.2) is 0 Å². The molecule has 3 nitrogen and oxygen atoms in total. The topological polar surface area (TPSA) is 27.7 Å². The van der Waals surface area contributed by atoms with E-state index < -0.39 is 0 Å². The lowest BCUT2D eigenvalue weighted by Crippen LogP contribution is -2.05. The van der Waals surface area contributed by atoms with E-state index in [1.165, 1.54) is 0 Å². The number of hydrogen-bond acceptors (Lipinski definition) is 3. The molecule has 0 unspecified atom stereocenters. The molecule has 3 rings (SSSR count). The molecule has 3 heteroatoms. The highest BCUT2D eigenvalue weighted by Gasteiger charge is 2.01. The first-order chi connectivity index (χ1) is 12.2. The van der Waals surface area contributed by atoms with Crippen molar-refractivity contribution in [3.63, 3.8) is 0 Å². The number of ether oxygens (including phenoxy) is 3. The second-order valence-corrected chi connectivity index (χ2v) is 5.99. The molecule has 0 radical (unpaired) electrons. The Morgan fingerprint density at radius 2 is 1.16 bits per heavy atom. The van der Waals surface area contributed by atoms with Gasteiger partial charge in [-0.15, -0.1) is 0 Å². The van der Waals surface area contributed by atoms with Gasteiger partial charge in [-0.05, 0) is 67.9 Å². The van der Waals surface area contributed by atoms with Crippen LogP contribution in [0.3, 0.4) is 0 Å². The Hall–Kier alpha value is -2.94. The van der Waals surface area contributed by atoms with Crippen LogP contribution in [0.5, 0.6) is 23.0 Å². The third-order valence-electron chi connectivity index (χ3n) is 3.50. The van der Waals surface area contributed by atoms with Crippen molar-refractivity contribution in [2.45, 2.75) is 26.6 Å². The van der Waals surface area contributed by atoms with Gasteiger partial charge in [-0.2, -0.15) is 0 Å². The molecule has 0 amide bonds. The SMILES string of the molecule is CC(C)Oc1ccc(Oc2ccc(OCc3ccccc3)cc2)cc1. The van der Waals surface area contributed by atoms with Crippen molar-refractivity contribution in [3.05, 3.63) is 84.4 Å². The Labute approximate surface area is 148 Å². The van der Waals surface area contributed by atoms with Crippen molar-refractivity contribution in [1.82, 2.24) is 0 Å². The van der Waals surface area contributed by atoms with Gasteiger partial charge in [0.1, 0.15) is 29.6 Å². The summed E-state index contributed by atoms with van der Waals surface area (Å²) in [5.41, 5.74) is 1.14. The molecule has 0 atom stereocenters. The standard InChI is InChI=1S/C22H22O3/c1-17(2)24-20-12-14-22(15-13-20)25-21-10-8-19(9-11-21)23-16-18-6-4-3-5-7-18/h3-15,17H,16H2,1-2H3. The highest BCUT2D eigenvalue weighted by atomic mass is 16.5. The van der Waals surface area contributed by atoms with Gasteiger partial charge in [-0.25, -0.2) is 0 Å². The van der Waals surface area contributed by atoms with Crippen LogP contribution in [-0.2, 0) is 6.61 Å². The van der Waals surface area contributed by atoms with Crippen molar-refractivity contribution in [3.8, 4) is 23.0 Å². The summed E-state index contributed by atoms with van der Waals surface area (Å²) in [6, 6.07) is 25.3. The zero-order chi connectivity index (χ0) is 17.5. The summed E-state index contributed by atoms with van der Waals surface area (Å²) in [6.07, 6.45) is 0.162. The van der Waals surface area contributed by atoms with Crippen molar-refractivity contribution >= 4 is 0 Å². The molecule has 0 saturated heterocycles. The molecule has 0 aliphatic heterocycles. The Morgan fingerprint density at radius 3 is 1.72 bits per heavy atom. The van der Waals surface area contributed by atoms with E-state index in [0.29, 0.717) is 6.61 Å². The molecule has 0 aromatic heterocycles. The molecule has 0 N–H and O–H groups in total. The molecule has 0 saturated carbocycles. The van der Waals surface area contributed by atoms with Crippen molar-refractivity contribution in [2.75, 3.05) is 0 Å². The fourth-order valence-corrected chi connectivity index (χ4v) is 2.34. The molecule has 0 fully saturated rings. The maximum atomic E-state index is 5.84. The summed E-state index contributed by atoms with van der Waals surface area (Å²) < 4.78 is 17.2. The number of rotatable bonds is 7. The Kier molecular flexibility index (Phi) is 5.57. The van der Waals surface area contributed by atoms with Gasteiger partial charge < -0.3 is 14.2 Å². The second-order valence-electron chi connectivity index (χ2n) is 5.99. The van der Waals surface area contributed by atoms with Crippen LogP contribution >= 0.6 is 0 Å². The minimum Gasteiger partial charge on any atom is -0.491 e. The zero-order valence-corrected chi connectivity index (χ0v) is 14.5. The third kappa shape index (κ3) is 5.28. The van der Waals surface area contributed by atoms with Crippen LogP contribution in [0.25, 0.3) is 0 Å². The molecule has 128 valence electrons. The molecule has 0 aliphatic rings. The summed E-state index contributed by atoms with van der Waals surface area (Å²) >= 11 is 0. The van der Waals surface area contributed by atoms with Crippen LogP contribution in [0.1, 0.15) is 19.4 Å². The van der Waals surface area contributed by atoms with Crippen LogP contribution in [0.4, 0.5) is 0 Å². The Bertz CT molecular complexity index is 763. The lowest BCUT2D eigenvalue weighted by atomic mass is 10.2. The monoisotopic (exact) mass is 334 g/mol. The smallest absolute Gasteiger partial charge is 0.127 e. The molecule has 0 heterocycles. The van der Waals surface area contributed by atoms with Crippen LogP contribution in [0.2, 0.25) is 0 Å². The first kappa shape index (κ1) is 16.9. The molecule has 3 aromatic carbocycles. The fraction of sp³-hybridized carbons (Fsp3) is 0.182. The highest BCUT2D eigenvalue weighted by molar-refractivity contribution is 5.37. The molecule has 25 heavy (non-hydrogen) atoms. The lowest BCUT2D eigenvalue weighted by molar-refractivity contribution is 0.242. The largest absolute Gasteiger partial charge is 0.491 e. The van der Waals surface area contributed by atoms with Gasteiger partial charge in [0.05, 0.1) is 6.10 Å². The first-order valence-electron chi connectivity index (χ1n) is 8.40. The van der Waals surface area contributed by atoms with E-state index >= 15 is 0 Å². The van der Waals surface area contributed by atoms with Crippen molar-refractivity contribution in [1.29, 1.82) is 0 Å². The molecule has 0 bridgehead atoms. The van der Waals surface area contributed by atoms with Crippen molar-refractivity contribution < 1.29 is 14.2 Å². The predicted molar refractivity (Wildman–Crippen MR) is 99.5 cm³/mol. The summed E-state index contributed by atoms with van der Waals surface area (Å²) in [5.74, 6) is 3.20. The maximum absolute atomic E-state index is 5.84. The second kappa shape index (κ2) is 8.25. The normalized spacial score (nSPS) is 10.5. The lowest BCUT2D eigenvalue weighted by Gasteiger charge is -2.11. The average Bonchev–Trinajstić information content (AvgIpc) is 2.63. The Balaban J connectivity index is 1.55. The highest BCUT2D eigenvalue weighted by Crippen LogP contribution is 2.26. The van der Waals surface area contributed by atoms with Gasteiger partial charge >= 0.3 is 0 Å². The number of hydrogen-bond donors (Lipinski definition) is 0. The van der Waals surface area contributed by atoms with E-state index in [9.17, 15) is 0 Å². The van der Waals surface area contributed by atoms with Crippen LogP contribution < -0.4 is 14.2 Å². The van der Waals surface area contributed by atoms with E-state index in [1.54, 1.807) is 0 Å². The summed E-state index contributed by atoms with van der Waals surface area (Å²) in [5, 5.41) is 0. The molecular formula is C22H22O3. The minimum atomic E-state index is 0.162. The van der Waals surface area contributed by atoms with Crippen LogP contribution in [0.15, 0.2) is 78.9 Å². The average molecular weight is 334 g/mol. The van der Waals surface area contributed by atoms with Gasteiger partial charge in [0.25, 0.3) is 0 Å². The van der Waals surface area contributed by atoms with Crippen LogP contribution in [0, 0.1) is 0 Å². The zero-order valence-electron chi connectivity index (χ0n) is 14.5. The quantitative estimate of drug-likeness (QED) is 0.543. The fourth-order valence-electron chi connectivity index (χ4n) is 2.34. The minimum absolute atomic E-state index is 0.162. The maximum Gasteiger partial charge on any atom is 0.127 e. The van der Waals surface area contributed by atoms with E-state index in [4.69, 9.17) is 14.2 Å². The molecule has 0 aliphatic carbocycles. The van der Waals surface area contributed by atoms with Crippen molar-refractivity contribution in [2.24, 2.45) is 0 Å². The van der Waals surface area contributed by atoms with Gasteiger partial charge in [0.2, 0.25) is 0 Å². The summed E-state index contributed by atoms with van der Waals surface area (Å²) in [4.78, 5) is 0. The number of benzene rings is 3. The van der Waals surface area contributed by atoms with Crippen LogP contribution in [-0.4, -0.2) is 6.10 Å². The molecular weight excluding hydrogens is 312 g/mol. The van der Waals surface area contributed by atoms with E-state index in [2.05, 4.69) is 0 Å². The van der Waals surface area contributed by atoms with E-state index in [1.807, 2.05) is 92.7 Å². The van der Waals surface area contributed by atoms with E-state index in [0.717, 1.165) is 28.6 Å². The predicted octanol–water partition coefficient (Wildman–Crippen LogP) is 5.85. The van der Waals surface area contributed by atoms with Gasteiger partial charge in [-0.3, -0.25) is 0 Å². The Morgan fingerprint density at radius 1 is 0.640 bits per heavy atom. The summed E-state index contributed by atoms with van der Waals surface area (Å²) in [7, 11) is 0. The van der Waals surface area contributed by atoms with Gasteiger partial charge in [-0.1, -0.05) is 30.3 Å². The first-order valence-corrected chi connectivity index (χ1v) is 8.40. The molecule has 0 spiro atoms. The van der Waals surface area contributed by atoms with Gasteiger partial charge in [0, 0.05) is 0 Å².